The van der Waals surface area contributed by atoms with Crippen LogP contribution in [-0.2, 0) is 18.3 Å². The van der Waals surface area contributed by atoms with Gasteiger partial charge in [-0.1, -0.05) is 12.2 Å². The molecule has 0 bridgehead atoms. The number of hydrogen-bond donors (Lipinski definition) is 8. The third-order valence-corrected chi connectivity index (χ3v) is 9.43. The van der Waals surface area contributed by atoms with E-state index in [2.05, 4.69) is 0 Å². The van der Waals surface area contributed by atoms with Crippen LogP contribution in [0.15, 0.2) is 12.2 Å². The molecule has 126 valence electrons. The van der Waals surface area contributed by atoms with Gasteiger partial charge in [0.1, 0.15) is 0 Å². The third-order valence-electron chi connectivity index (χ3n) is 2.12. The fourth-order valence-electron chi connectivity index (χ4n) is 1.21. The molecule has 0 aliphatic heterocycles. The number of allylic oxidation sites excluding steroid dienone is 2. The summed E-state index contributed by atoms with van der Waals surface area (Å²) in [5, 5.41) is -5.05. The molecule has 0 saturated heterocycles. The molecule has 0 unspecified atom stereocenters. The zero-order valence-corrected chi connectivity index (χ0v) is 13.6. The van der Waals surface area contributed by atoms with E-state index in [4.69, 9.17) is 39.1 Å². The van der Waals surface area contributed by atoms with Crippen molar-refractivity contribution in [1.29, 1.82) is 0 Å². The van der Waals surface area contributed by atoms with E-state index >= 15 is 0 Å². The molecule has 0 amide bonds. The summed E-state index contributed by atoms with van der Waals surface area (Å²) < 4.78 is 43.6. The fourth-order valence-corrected chi connectivity index (χ4v) is 5.83. The van der Waals surface area contributed by atoms with E-state index in [1.807, 2.05) is 0 Å². The van der Waals surface area contributed by atoms with Crippen molar-refractivity contribution in [3.8, 4) is 0 Å². The molecule has 0 aromatic heterocycles. The average Bonchev–Trinajstić information content (AvgIpc) is 2.07. The van der Waals surface area contributed by atoms with Crippen molar-refractivity contribution in [2.75, 3.05) is 0 Å². The van der Waals surface area contributed by atoms with Crippen LogP contribution in [0.25, 0.3) is 0 Å². The molecule has 0 aromatic rings. The topological polar surface area (TPSA) is 230 Å². The summed E-state index contributed by atoms with van der Waals surface area (Å²) in [5.41, 5.74) is 0. The van der Waals surface area contributed by atoms with Gasteiger partial charge in [-0.05, 0) is 6.42 Å². The molecule has 0 radical (unpaired) electrons. The molecule has 0 atom stereocenters. The summed E-state index contributed by atoms with van der Waals surface area (Å²) in [5.74, 6) is 0. The van der Waals surface area contributed by atoms with Crippen molar-refractivity contribution in [1.82, 2.24) is 0 Å². The smallest absolute Gasteiger partial charge is 0.324 e. The summed E-state index contributed by atoms with van der Waals surface area (Å²) in [7, 11) is -21.0. The molecule has 0 aromatic carbocycles. The lowest BCUT2D eigenvalue weighted by atomic mass is 10.4. The number of rotatable bonds is 7. The normalized spacial score (nSPS) is 15.3. The van der Waals surface area contributed by atoms with Crippen molar-refractivity contribution in [2.24, 2.45) is 0 Å². The summed E-state index contributed by atoms with van der Waals surface area (Å²) >= 11 is 0. The fraction of sp³-hybridized carbons (Fsp3) is 0.600. The van der Waals surface area contributed by atoms with Crippen LogP contribution >= 0.6 is 30.4 Å². The van der Waals surface area contributed by atoms with Crippen molar-refractivity contribution in [3.05, 3.63) is 12.2 Å². The molecule has 21 heavy (non-hydrogen) atoms. The molecule has 0 fully saturated rings. The lowest BCUT2D eigenvalue weighted by Gasteiger charge is -2.19. The minimum Gasteiger partial charge on any atom is -0.324 e. The molecular weight excluding hydrogens is 376 g/mol. The van der Waals surface area contributed by atoms with Gasteiger partial charge in [-0.2, -0.15) is 0 Å². The highest BCUT2D eigenvalue weighted by molar-refractivity contribution is 7.71. The van der Waals surface area contributed by atoms with Crippen LogP contribution in [-0.4, -0.2) is 49.9 Å². The highest BCUT2D eigenvalue weighted by atomic mass is 31.2. The summed E-state index contributed by atoms with van der Waals surface area (Å²) in [6.07, 6.45) is -0.267. The highest BCUT2D eigenvalue weighted by Gasteiger charge is 2.44. The Morgan fingerprint density at radius 3 is 1.24 bits per heavy atom. The predicted octanol–water partition coefficient (Wildman–Crippen LogP) is -0.704. The Bertz CT molecular complexity index is 526. The molecule has 0 rings (SSSR count). The van der Waals surface area contributed by atoms with Crippen molar-refractivity contribution in [2.45, 2.75) is 17.2 Å². The van der Waals surface area contributed by atoms with Crippen LogP contribution in [0, 0.1) is 0 Å². The van der Waals surface area contributed by atoms with E-state index in [-0.39, 0.29) is 6.08 Å². The second-order valence-electron chi connectivity index (χ2n) is 3.91. The molecule has 0 aliphatic carbocycles. The summed E-state index contributed by atoms with van der Waals surface area (Å²) in [4.78, 5) is 70.1. The van der Waals surface area contributed by atoms with Gasteiger partial charge in [-0.3, -0.25) is 18.3 Å². The van der Waals surface area contributed by atoms with Gasteiger partial charge in [0.05, 0.1) is 0 Å². The Balaban J connectivity index is 5.37. The monoisotopic (exact) mass is 390 g/mol. The first-order valence-corrected chi connectivity index (χ1v) is 11.6. The van der Waals surface area contributed by atoms with E-state index in [0.29, 0.717) is 6.08 Å². The van der Waals surface area contributed by atoms with Crippen LogP contribution in [0.3, 0.4) is 0 Å². The standard InChI is InChI=1S/C5H14O12P4/c6-18(7,8)4(19(9,10)11)2-1-3-5(20(12,13)14)21(15,16)17/h1-2,4-5H,3H2,(H2,6,7,8)(H2,9,10,11)(H2,12,13,14)(H2,15,16,17). The van der Waals surface area contributed by atoms with Gasteiger partial charge in [-0.25, -0.2) is 0 Å². The van der Waals surface area contributed by atoms with Crippen LogP contribution in [0.2, 0.25) is 0 Å². The first-order chi connectivity index (χ1) is 8.97. The summed E-state index contributed by atoms with van der Waals surface area (Å²) in [6.45, 7) is 0. The maximum Gasteiger partial charge on any atom is 0.344 e. The van der Waals surface area contributed by atoms with Gasteiger partial charge in [0.25, 0.3) is 0 Å². The highest BCUT2D eigenvalue weighted by Crippen LogP contribution is 2.62. The van der Waals surface area contributed by atoms with Crippen LogP contribution in [0.5, 0.6) is 0 Å². The lowest BCUT2D eigenvalue weighted by molar-refractivity contribution is 0.338. The maximum atomic E-state index is 10.9. The van der Waals surface area contributed by atoms with E-state index in [9.17, 15) is 18.3 Å². The molecule has 12 nitrogen and oxygen atoms in total. The van der Waals surface area contributed by atoms with Gasteiger partial charge in [-0.15, -0.1) is 0 Å². The molecule has 0 aliphatic rings. The third kappa shape index (κ3) is 7.43. The Hall–Kier alpha value is 0.340. The Kier molecular flexibility index (Phi) is 6.96. The molecular formula is C5H14O12P4. The Morgan fingerprint density at radius 1 is 0.667 bits per heavy atom. The van der Waals surface area contributed by atoms with E-state index in [0.717, 1.165) is 0 Å². The first-order valence-electron chi connectivity index (χ1n) is 4.85. The van der Waals surface area contributed by atoms with Gasteiger partial charge in [0.15, 0.2) is 10.8 Å². The summed E-state index contributed by atoms with van der Waals surface area (Å²) in [6, 6.07) is 0. The second-order valence-corrected chi connectivity index (χ2v) is 11.8. The molecule has 8 N–H and O–H groups in total. The second kappa shape index (κ2) is 6.84. The van der Waals surface area contributed by atoms with Crippen molar-refractivity contribution in [3.63, 3.8) is 0 Å². The number of hydrogen-bond acceptors (Lipinski definition) is 4. The quantitative estimate of drug-likeness (QED) is 0.199. The van der Waals surface area contributed by atoms with Crippen molar-refractivity contribution >= 4 is 30.4 Å². The van der Waals surface area contributed by atoms with Gasteiger partial charge in [0, 0.05) is 0 Å². The Morgan fingerprint density at radius 2 is 1.00 bits per heavy atom. The van der Waals surface area contributed by atoms with E-state index < -0.39 is 47.6 Å². The zero-order valence-electron chi connectivity index (χ0n) is 10.0. The van der Waals surface area contributed by atoms with E-state index in [1.165, 1.54) is 0 Å². The molecule has 0 heterocycles. The minimum atomic E-state index is -5.28. The van der Waals surface area contributed by atoms with Gasteiger partial charge in [0.2, 0.25) is 0 Å². The van der Waals surface area contributed by atoms with Gasteiger partial charge >= 0.3 is 30.4 Å². The SMILES string of the molecule is O=P(O)(O)C(C=CCC(P(=O)(O)O)P(=O)(O)O)P(=O)(O)O. The lowest BCUT2D eigenvalue weighted by Crippen LogP contribution is -2.09. The Labute approximate surface area is 118 Å². The largest absolute Gasteiger partial charge is 0.344 e. The predicted molar refractivity (Wildman–Crippen MR) is 69.5 cm³/mol. The maximum absolute atomic E-state index is 10.9. The van der Waals surface area contributed by atoms with Crippen LogP contribution in [0.1, 0.15) is 6.42 Å². The molecule has 0 spiro atoms. The van der Waals surface area contributed by atoms with Crippen LogP contribution < -0.4 is 0 Å². The van der Waals surface area contributed by atoms with Crippen molar-refractivity contribution < 1.29 is 57.4 Å². The zero-order chi connectivity index (χ0) is 17.3. The van der Waals surface area contributed by atoms with Gasteiger partial charge < -0.3 is 39.1 Å². The molecule has 0 saturated carbocycles. The minimum absolute atomic E-state index is 0.278. The van der Waals surface area contributed by atoms with E-state index in [1.54, 1.807) is 0 Å². The molecule has 16 heteroatoms. The first kappa shape index (κ1) is 21.3. The average molecular weight is 390 g/mol. The van der Waals surface area contributed by atoms with Crippen LogP contribution in [0.4, 0.5) is 0 Å².